The number of ketones is 1. The van der Waals surface area contributed by atoms with E-state index in [-0.39, 0.29) is 42.8 Å². The third-order valence-corrected chi connectivity index (χ3v) is 8.83. The Morgan fingerprint density at radius 1 is 1.00 bits per heavy atom. The molecule has 0 saturated heterocycles. The number of carboxylic acids is 1. The number of halogens is 4. The number of aromatic nitrogens is 3. The van der Waals surface area contributed by atoms with Crippen molar-refractivity contribution in [1.29, 1.82) is 0 Å². The number of methoxy groups -OCH3 is 1. The van der Waals surface area contributed by atoms with Crippen LogP contribution in [0, 0.1) is 11.8 Å². The highest BCUT2D eigenvalue weighted by Gasteiger charge is 2.45. The first kappa shape index (κ1) is 38.2. The highest BCUT2D eigenvalue weighted by Crippen LogP contribution is 2.48. The minimum Gasteiger partial charge on any atom is -0.480 e. The molecule has 5 rings (SSSR count). The summed E-state index contributed by atoms with van der Waals surface area (Å²) in [5.41, 5.74) is 0.760. The summed E-state index contributed by atoms with van der Waals surface area (Å²) < 4.78 is 48.7. The molecule has 2 amide bonds. The molecule has 2 aliphatic carbocycles. The molecule has 0 radical (unpaired) electrons. The minimum absolute atomic E-state index is 0.0352. The van der Waals surface area contributed by atoms with Crippen molar-refractivity contribution in [2.24, 2.45) is 11.8 Å². The van der Waals surface area contributed by atoms with Crippen LogP contribution >= 0.6 is 11.6 Å². The number of hydrogen-bond donors (Lipinski definition) is 5. The number of carbonyl (C=O) groups excluding carboxylic acids is 3. The van der Waals surface area contributed by atoms with Gasteiger partial charge in [0.1, 0.15) is 6.04 Å². The smallest absolute Gasteiger partial charge is 0.422 e. The summed E-state index contributed by atoms with van der Waals surface area (Å²) in [5, 5.41) is 21.0. The van der Waals surface area contributed by atoms with Gasteiger partial charge in [-0.2, -0.15) is 28.1 Å². The van der Waals surface area contributed by atoms with Gasteiger partial charge in [0.25, 0.3) is 11.8 Å². The number of carbonyl (C=O) groups is 4. The Labute approximate surface area is 301 Å². The number of carboxylic acid groups (broad SMARTS) is 1. The maximum absolute atomic E-state index is 12.9. The molecule has 0 aliphatic heterocycles. The van der Waals surface area contributed by atoms with Gasteiger partial charge >= 0.3 is 18.2 Å². The summed E-state index contributed by atoms with van der Waals surface area (Å²) in [6.45, 7) is -1.42. The predicted octanol–water partition coefficient (Wildman–Crippen LogP) is 4.63. The zero-order valence-corrected chi connectivity index (χ0v) is 28.7. The number of nitrogens with zero attached hydrogens (tertiary/aromatic N) is 3. The molecule has 2 fully saturated rings. The van der Waals surface area contributed by atoms with Gasteiger partial charge in [-0.1, -0.05) is 23.7 Å². The van der Waals surface area contributed by atoms with Gasteiger partial charge in [0, 0.05) is 43.0 Å². The van der Waals surface area contributed by atoms with Crippen LogP contribution in [-0.2, 0) is 24.7 Å². The number of amides is 2. The molecule has 18 heteroatoms. The first-order valence-electron chi connectivity index (χ1n) is 16.4. The molecule has 2 aliphatic rings. The molecule has 0 bridgehead atoms. The number of benzene rings is 2. The molecule has 1 aromatic heterocycles. The standard InChI is InChI=1S/C34H37ClF3N7O7/c1-51-17-21(19-2-3-19)16-26(46)28(48)39-15-12-25(29(49)50)41-27(47)20-4-10-24(11-5-20)40-30-42-31(44-32(43-30)52-18-34(36,37)38)45-33(13-14-33)22-6-8-23(35)9-7-22/h4-11,19,21,25H,2-3,12-18H2,1H3,(H,39,48)(H,41,47)(H,49,50)(H2,40,42,43,44,45)/t21?,25-/m0/s1. The minimum atomic E-state index is -4.64. The third-order valence-electron chi connectivity index (χ3n) is 8.57. The van der Waals surface area contributed by atoms with Crippen molar-refractivity contribution in [3.8, 4) is 6.01 Å². The number of Topliss-reactive ketones (excluding diaryl/α,β-unsaturated/α-hetero) is 1. The number of anilines is 3. The second-order valence-corrected chi connectivity index (χ2v) is 13.1. The van der Waals surface area contributed by atoms with E-state index >= 15 is 0 Å². The first-order valence-corrected chi connectivity index (χ1v) is 16.8. The van der Waals surface area contributed by atoms with Gasteiger partial charge in [-0.25, -0.2) is 4.79 Å². The molecule has 1 unspecified atom stereocenters. The quantitative estimate of drug-likeness (QED) is 0.107. The van der Waals surface area contributed by atoms with Crippen molar-refractivity contribution in [1.82, 2.24) is 25.6 Å². The highest BCUT2D eigenvalue weighted by atomic mass is 35.5. The lowest BCUT2D eigenvalue weighted by Crippen LogP contribution is -2.43. The molecule has 278 valence electrons. The van der Waals surface area contributed by atoms with Gasteiger partial charge in [-0.05, 0) is 85.9 Å². The Balaban J connectivity index is 1.18. The highest BCUT2D eigenvalue weighted by molar-refractivity contribution is 6.36. The largest absolute Gasteiger partial charge is 0.480 e. The van der Waals surface area contributed by atoms with Gasteiger partial charge in [0.15, 0.2) is 6.61 Å². The van der Waals surface area contributed by atoms with Crippen LogP contribution in [0.15, 0.2) is 48.5 Å². The maximum Gasteiger partial charge on any atom is 0.422 e. The first-order chi connectivity index (χ1) is 24.7. The van der Waals surface area contributed by atoms with E-state index < -0.39 is 53.9 Å². The van der Waals surface area contributed by atoms with Crippen molar-refractivity contribution < 1.29 is 46.9 Å². The molecule has 2 saturated carbocycles. The van der Waals surface area contributed by atoms with Crippen LogP contribution in [0.4, 0.5) is 30.8 Å². The summed E-state index contributed by atoms with van der Waals surface area (Å²) in [5.74, 6) is -3.37. The van der Waals surface area contributed by atoms with E-state index in [1.165, 1.54) is 31.4 Å². The van der Waals surface area contributed by atoms with Crippen LogP contribution in [0.3, 0.4) is 0 Å². The van der Waals surface area contributed by atoms with Crippen LogP contribution < -0.4 is 26.0 Å². The average Bonchev–Trinajstić information content (AvgIpc) is 4.04. The molecule has 0 spiro atoms. The Kier molecular flexibility index (Phi) is 12.2. The van der Waals surface area contributed by atoms with Gasteiger partial charge in [-0.15, -0.1) is 0 Å². The van der Waals surface area contributed by atoms with E-state index in [1.807, 2.05) is 12.1 Å². The zero-order chi connectivity index (χ0) is 37.5. The predicted molar refractivity (Wildman–Crippen MR) is 181 cm³/mol. The zero-order valence-electron chi connectivity index (χ0n) is 28.0. The Morgan fingerprint density at radius 3 is 2.27 bits per heavy atom. The average molecular weight is 748 g/mol. The van der Waals surface area contributed by atoms with E-state index in [9.17, 15) is 37.5 Å². The van der Waals surface area contributed by atoms with Gasteiger partial charge < -0.3 is 35.8 Å². The maximum atomic E-state index is 12.9. The number of alkyl halides is 3. The lowest BCUT2D eigenvalue weighted by Gasteiger charge is -2.19. The fourth-order valence-electron chi connectivity index (χ4n) is 5.51. The number of hydrogen-bond acceptors (Lipinski definition) is 11. The molecule has 3 aromatic rings. The normalized spacial score (nSPS) is 15.9. The van der Waals surface area contributed by atoms with Crippen LogP contribution in [0.1, 0.15) is 54.4 Å². The monoisotopic (exact) mass is 747 g/mol. The molecule has 52 heavy (non-hydrogen) atoms. The van der Waals surface area contributed by atoms with Crippen LogP contribution in [0.25, 0.3) is 0 Å². The molecule has 14 nitrogen and oxygen atoms in total. The molecule has 2 atom stereocenters. The number of aliphatic carboxylic acids is 1. The molecular weight excluding hydrogens is 711 g/mol. The lowest BCUT2D eigenvalue weighted by molar-refractivity contribution is -0.154. The fourth-order valence-corrected chi connectivity index (χ4v) is 5.63. The summed E-state index contributed by atoms with van der Waals surface area (Å²) in [4.78, 5) is 61.7. The van der Waals surface area contributed by atoms with Gasteiger partial charge in [0.2, 0.25) is 17.7 Å². The molecule has 2 aromatic carbocycles. The summed E-state index contributed by atoms with van der Waals surface area (Å²) >= 11 is 6.02. The molecule has 1 heterocycles. The van der Waals surface area contributed by atoms with E-state index in [0.29, 0.717) is 36.1 Å². The van der Waals surface area contributed by atoms with Crippen LogP contribution in [0.2, 0.25) is 5.02 Å². The van der Waals surface area contributed by atoms with Crippen molar-refractivity contribution in [2.75, 3.05) is 37.5 Å². The van der Waals surface area contributed by atoms with Gasteiger partial charge in [-0.3, -0.25) is 14.4 Å². The number of rotatable bonds is 19. The SMILES string of the molecule is COCC(CC(=O)C(=O)NCC[C@H](NC(=O)c1ccc(Nc2nc(NC3(c4ccc(Cl)cc4)CC3)nc(OCC(F)(F)F)n2)cc1)C(=O)O)C1CC1. The number of ether oxygens (including phenoxy) is 2. The topological polar surface area (TPSA) is 194 Å². The van der Waals surface area contributed by atoms with Crippen LogP contribution in [-0.4, -0.2) is 82.7 Å². The van der Waals surface area contributed by atoms with E-state index in [2.05, 4.69) is 36.2 Å². The van der Waals surface area contributed by atoms with E-state index in [1.54, 1.807) is 12.1 Å². The van der Waals surface area contributed by atoms with Crippen molar-refractivity contribution >= 4 is 52.8 Å². The third kappa shape index (κ3) is 11.0. The summed E-state index contributed by atoms with van der Waals surface area (Å²) in [6, 6.07) is 10.8. The van der Waals surface area contributed by atoms with Crippen LogP contribution in [0.5, 0.6) is 6.01 Å². The second kappa shape index (κ2) is 16.5. The lowest BCUT2D eigenvalue weighted by atomic mass is 9.97. The molecule has 5 N–H and O–H groups in total. The Morgan fingerprint density at radius 2 is 1.67 bits per heavy atom. The second-order valence-electron chi connectivity index (χ2n) is 12.7. The summed E-state index contributed by atoms with van der Waals surface area (Å²) in [7, 11) is 1.53. The van der Waals surface area contributed by atoms with Crippen molar-refractivity contribution in [2.45, 2.75) is 56.3 Å². The van der Waals surface area contributed by atoms with Crippen molar-refractivity contribution in [3.05, 3.63) is 64.7 Å². The Hall–Kier alpha value is -5.03. The van der Waals surface area contributed by atoms with Gasteiger partial charge in [0.05, 0.1) is 5.54 Å². The summed E-state index contributed by atoms with van der Waals surface area (Å²) in [6.07, 6.45) is -1.40. The number of nitrogens with one attached hydrogen (secondary N) is 4. The van der Waals surface area contributed by atoms with Crippen molar-refractivity contribution in [3.63, 3.8) is 0 Å². The Bertz CT molecular complexity index is 1760. The fraction of sp³-hybridized carbons (Fsp3) is 0.441. The molecular formula is C34H37ClF3N7O7. The van der Waals surface area contributed by atoms with E-state index in [4.69, 9.17) is 21.1 Å². The van der Waals surface area contributed by atoms with E-state index in [0.717, 1.165) is 18.4 Å².